The molecule has 0 amide bonds. The summed E-state index contributed by atoms with van der Waals surface area (Å²) in [5.74, 6) is 0. The summed E-state index contributed by atoms with van der Waals surface area (Å²) in [5.41, 5.74) is 0.798. The molecule has 1 heterocycles. The van der Waals surface area contributed by atoms with E-state index in [1.807, 2.05) is 12.1 Å². The maximum absolute atomic E-state index is 8.87. The molecule has 64 valence electrons. The highest BCUT2D eigenvalue weighted by Crippen LogP contribution is 2.19. The van der Waals surface area contributed by atoms with Crippen molar-refractivity contribution in [3.8, 4) is 12.1 Å². The Bertz CT molecular complexity index is 524. The van der Waals surface area contributed by atoms with E-state index in [2.05, 4.69) is 11.1 Å². The van der Waals surface area contributed by atoms with Gasteiger partial charge in [-0.25, -0.2) is 4.98 Å². The number of nitriles is 2. The molecule has 0 aliphatic rings. The lowest BCUT2D eigenvalue weighted by Crippen LogP contribution is -1.87. The standard InChI is InChI=1S/C11H5N3/c12-6-9-3-1-2-8-4-5-14-10(7-13)11(8)9/h1-5H. The molecular formula is C11H5N3. The van der Waals surface area contributed by atoms with E-state index in [9.17, 15) is 0 Å². The van der Waals surface area contributed by atoms with Crippen LogP contribution in [0.1, 0.15) is 11.3 Å². The predicted octanol–water partition coefficient (Wildman–Crippen LogP) is 1.98. The van der Waals surface area contributed by atoms with Crippen LogP contribution < -0.4 is 0 Å². The summed E-state index contributed by atoms with van der Waals surface area (Å²) >= 11 is 0. The number of nitrogens with zero attached hydrogens (tertiary/aromatic N) is 3. The van der Waals surface area contributed by atoms with Crippen molar-refractivity contribution < 1.29 is 0 Å². The smallest absolute Gasteiger partial charge is 0.149 e. The van der Waals surface area contributed by atoms with Crippen LogP contribution in [0.2, 0.25) is 0 Å². The first-order valence-corrected chi connectivity index (χ1v) is 4.05. The monoisotopic (exact) mass is 179 g/mol. The van der Waals surface area contributed by atoms with Crippen LogP contribution in [0.25, 0.3) is 10.8 Å². The van der Waals surface area contributed by atoms with E-state index in [0.717, 1.165) is 5.39 Å². The Hall–Kier alpha value is -2.39. The summed E-state index contributed by atoms with van der Waals surface area (Å²) in [6.45, 7) is 0. The molecule has 2 aromatic rings. The van der Waals surface area contributed by atoms with Crippen molar-refractivity contribution in [2.45, 2.75) is 0 Å². The highest BCUT2D eigenvalue weighted by Gasteiger charge is 2.05. The number of fused-ring (bicyclic) bond motifs is 1. The Kier molecular flexibility index (Phi) is 1.86. The van der Waals surface area contributed by atoms with Gasteiger partial charge in [0.05, 0.1) is 11.6 Å². The Balaban J connectivity index is 2.99. The molecule has 0 saturated carbocycles. The van der Waals surface area contributed by atoms with Gasteiger partial charge in [0.2, 0.25) is 0 Å². The third kappa shape index (κ3) is 1.09. The van der Waals surface area contributed by atoms with Crippen LogP contribution in [0.5, 0.6) is 0 Å². The summed E-state index contributed by atoms with van der Waals surface area (Å²) in [5, 5.41) is 19.2. The first kappa shape index (κ1) is 8.22. The highest BCUT2D eigenvalue weighted by atomic mass is 14.7. The predicted molar refractivity (Wildman–Crippen MR) is 51.2 cm³/mol. The average Bonchev–Trinajstić information content (AvgIpc) is 2.27. The normalized spacial score (nSPS) is 9.29. The van der Waals surface area contributed by atoms with Crippen LogP contribution in [0, 0.1) is 22.7 Å². The molecule has 0 spiro atoms. The van der Waals surface area contributed by atoms with Crippen LogP contribution in [0.15, 0.2) is 30.5 Å². The van der Waals surface area contributed by atoms with Gasteiger partial charge >= 0.3 is 0 Å². The quantitative estimate of drug-likeness (QED) is 0.621. The van der Waals surface area contributed by atoms with E-state index in [1.54, 1.807) is 24.4 Å². The Labute approximate surface area is 80.8 Å². The van der Waals surface area contributed by atoms with E-state index >= 15 is 0 Å². The molecule has 3 heteroatoms. The maximum Gasteiger partial charge on any atom is 0.149 e. The van der Waals surface area contributed by atoms with Crippen molar-refractivity contribution >= 4 is 10.8 Å². The number of pyridine rings is 1. The van der Waals surface area contributed by atoms with Crippen LogP contribution in [-0.4, -0.2) is 4.98 Å². The molecule has 1 aromatic carbocycles. The first-order valence-electron chi connectivity index (χ1n) is 4.05. The Morgan fingerprint density at radius 1 is 1.07 bits per heavy atom. The molecule has 0 radical (unpaired) electrons. The van der Waals surface area contributed by atoms with E-state index < -0.39 is 0 Å². The van der Waals surface area contributed by atoms with Crippen molar-refractivity contribution in [1.29, 1.82) is 10.5 Å². The number of hydrogen-bond donors (Lipinski definition) is 0. The number of hydrogen-bond acceptors (Lipinski definition) is 3. The van der Waals surface area contributed by atoms with Gasteiger partial charge in [-0.15, -0.1) is 0 Å². The fourth-order valence-electron chi connectivity index (χ4n) is 1.41. The van der Waals surface area contributed by atoms with Gasteiger partial charge < -0.3 is 0 Å². The zero-order chi connectivity index (χ0) is 9.97. The molecule has 0 fully saturated rings. The van der Waals surface area contributed by atoms with Gasteiger partial charge in [-0.3, -0.25) is 0 Å². The molecule has 0 saturated heterocycles. The minimum Gasteiger partial charge on any atom is -0.245 e. The van der Waals surface area contributed by atoms with Gasteiger partial charge in [-0.05, 0) is 17.5 Å². The van der Waals surface area contributed by atoms with Crippen LogP contribution in [0.3, 0.4) is 0 Å². The first-order chi connectivity index (χ1) is 6.86. The summed E-state index contributed by atoms with van der Waals surface area (Å²) in [6, 6.07) is 11.2. The number of rotatable bonds is 0. The lowest BCUT2D eigenvalue weighted by atomic mass is 10.0. The molecule has 3 nitrogen and oxygen atoms in total. The lowest BCUT2D eigenvalue weighted by molar-refractivity contribution is 1.29. The van der Waals surface area contributed by atoms with E-state index in [1.165, 1.54) is 0 Å². The second kappa shape index (κ2) is 3.16. The zero-order valence-corrected chi connectivity index (χ0v) is 7.23. The second-order valence-electron chi connectivity index (χ2n) is 2.79. The van der Waals surface area contributed by atoms with E-state index in [4.69, 9.17) is 10.5 Å². The number of benzene rings is 1. The van der Waals surface area contributed by atoms with Gasteiger partial charge in [-0.1, -0.05) is 12.1 Å². The van der Waals surface area contributed by atoms with Crippen molar-refractivity contribution in [2.75, 3.05) is 0 Å². The van der Waals surface area contributed by atoms with Gasteiger partial charge in [0.25, 0.3) is 0 Å². The Morgan fingerprint density at radius 2 is 1.93 bits per heavy atom. The molecule has 0 N–H and O–H groups in total. The minimum atomic E-state index is 0.305. The average molecular weight is 179 g/mol. The molecule has 0 aliphatic heterocycles. The Morgan fingerprint density at radius 3 is 2.64 bits per heavy atom. The summed E-state index contributed by atoms with van der Waals surface area (Å²) < 4.78 is 0. The minimum absolute atomic E-state index is 0.305. The molecule has 0 aliphatic carbocycles. The van der Waals surface area contributed by atoms with Crippen molar-refractivity contribution in [1.82, 2.24) is 4.98 Å². The van der Waals surface area contributed by atoms with Crippen molar-refractivity contribution in [2.24, 2.45) is 0 Å². The maximum atomic E-state index is 8.87. The van der Waals surface area contributed by atoms with Gasteiger partial charge in [-0.2, -0.15) is 10.5 Å². The molecule has 0 atom stereocenters. The van der Waals surface area contributed by atoms with Crippen molar-refractivity contribution in [3.05, 3.63) is 41.7 Å². The molecule has 14 heavy (non-hydrogen) atoms. The molecule has 0 unspecified atom stereocenters. The zero-order valence-electron chi connectivity index (χ0n) is 7.23. The third-order valence-electron chi connectivity index (χ3n) is 2.02. The van der Waals surface area contributed by atoms with Crippen molar-refractivity contribution in [3.63, 3.8) is 0 Å². The fraction of sp³-hybridized carbons (Fsp3) is 0. The number of aromatic nitrogens is 1. The van der Waals surface area contributed by atoms with Gasteiger partial charge in [0.1, 0.15) is 11.8 Å². The van der Waals surface area contributed by atoms with E-state index in [-0.39, 0.29) is 0 Å². The summed E-state index contributed by atoms with van der Waals surface area (Å²) in [7, 11) is 0. The molecular weight excluding hydrogens is 174 g/mol. The SMILES string of the molecule is N#Cc1cccc2ccnc(C#N)c12. The topological polar surface area (TPSA) is 60.5 Å². The molecule has 1 aromatic heterocycles. The highest BCUT2D eigenvalue weighted by molar-refractivity contribution is 5.91. The summed E-state index contributed by atoms with van der Waals surface area (Å²) in [6.07, 6.45) is 1.57. The van der Waals surface area contributed by atoms with Crippen LogP contribution in [-0.2, 0) is 0 Å². The largest absolute Gasteiger partial charge is 0.245 e. The van der Waals surface area contributed by atoms with Crippen LogP contribution in [0.4, 0.5) is 0 Å². The van der Waals surface area contributed by atoms with Gasteiger partial charge in [0, 0.05) is 11.6 Å². The second-order valence-corrected chi connectivity index (χ2v) is 2.79. The van der Waals surface area contributed by atoms with E-state index in [0.29, 0.717) is 16.6 Å². The molecule has 0 bridgehead atoms. The van der Waals surface area contributed by atoms with Gasteiger partial charge in [0.15, 0.2) is 0 Å². The van der Waals surface area contributed by atoms with Crippen LogP contribution >= 0.6 is 0 Å². The fourth-order valence-corrected chi connectivity index (χ4v) is 1.41. The lowest BCUT2D eigenvalue weighted by Gasteiger charge is -1.99. The molecule has 2 rings (SSSR count). The summed E-state index contributed by atoms with van der Waals surface area (Å²) in [4.78, 5) is 3.92. The third-order valence-corrected chi connectivity index (χ3v) is 2.02.